The Bertz CT molecular complexity index is 579. The third-order valence-corrected chi connectivity index (χ3v) is 2.97. The van der Waals surface area contributed by atoms with E-state index in [2.05, 4.69) is 0 Å². The second-order valence-corrected chi connectivity index (χ2v) is 5.53. The smallest absolute Gasteiger partial charge is 0.311 e. The highest BCUT2D eigenvalue weighted by Gasteiger charge is 2.18. The number of hydrogen-bond donors (Lipinski definition) is 0. The lowest BCUT2D eigenvalue weighted by molar-refractivity contribution is -0.139. The molecule has 0 saturated heterocycles. The normalized spacial score (nSPS) is 10.8. The second-order valence-electron chi connectivity index (χ2n) is 5.53. The van der Waals surface area contributed by atoms with Gasteiger partial charge in [0, 0.05) is 13.3 Å². The first-order valence-electron chi connectivity index (χ1n) is 7.64. The Labute approximate surface area is 142 Å². The molecule has 0 aliphatic rings. The van der Waals surface area contributed by atoms with Gasteiger partial charge in [-0.3, -0.25) is 9.59 Å². The van der Waals surface area contributed by atoms with E-state index in [0.29, 0.717) is 17.9 Å². The summed E-state index contributed by atoms with van der Waals surface area (Å²) in [5.41, 5.74) is 0.763. The molecule has 0 bridgehead atoms. The number of esters is 2. The van der Waals surface area contributed by atoms with Crippen molar-refractivity contribution >= 4 is 18.0 Å². The van der Waals surface area contributed by atoms with Crippen molar-refractivity contribution in [2.75, 3.05) is 20.8 Å². The number of ether oxygens (including phenoxy) is 4. The maximum Gasteiger partial charge on any atom is 0.311 e. The van der Waals surface area contributed by atoms with E-state index in [1.165, 1.54) is 21.1 Å². The molecule has 0 spiro atoms. The van der Waals surface area contributed by atoms with E-state index < -0.39 is 0 Å². The third kappa shape index (κ3) is 6.32. The van der Waals surface area contributed by atoms with Gasteiger partial charge in [-0.15, -0.1) is 0 Å². The first-order chi connectivity index (χ1) is 11.4. The summed E-state index contributed by atoms with van der Waals surface area (Å²) in [5, 5.41) is 0. The molecule has 6 nitrogen and oxygen atoms in total. The quantitative estimate of drug-likeness (QED) is 0.536. The minimum Gasteiger partial charge on any atom is -0.493 e. The lowest BCUT2D eigenvalue weighted by atomic mass is 10.1. The van der Waals surface area contributed by atoms with Crippen LogP contribution in [0.5, 0.6) is 17.2 Å². The van der Waals surface area contributed by atoms with Crippen molar-refractivity contribution in [2.45, 2.75) is 27.2 Å². The summed E-state index contributed by atoms with van der Waals surface area (Å²) in [6.07, 6.45) is 3.75. The van der Waals surface area contributed by atoms with Crippen LogP contribution in [0, 0.1) is 5.92 Å². The van der Waals surface area contributed by atoms with Crippen LogP contribution < -0.4 is 14.2 Å². The average Bonchev–Trinajstić information content (AvgIpc) is 2.51. The Hall–Kier alpha value is -2.50. The molecule has 0 atom stereocenters. The van der Waals surface area contributed by atoms with E-state index in [1.807, 2.05) is 13.8 Å². The first kappa shape index (κ1) is 19.5. The molecule has 0 unspecified atom stereocenters. The maximum atomic E-state index is 11.9. The molecular weight excluding hydrogens is 312 g/mol. The van der Waals surface area contributed by atoms with Crippen LogP contribution >= 0.6 is 0 Å². The maximum absolute atomic E-state index is 11.9. The number of carbonyl (C=O) groups excluding carboxylic acids is 2. The van der Waals surface area contributed by atoms with Crippen LogP contribution in [0.3, 0.4) is 0 Å². The zero-order chi connectivity index (χ0) is 18.1. The van der Waals surface area contributed by atoms with E-state index in [-0.39, 0.29) is 30.2 Å². The van der Waals surface area contributed by atoms with Gasteiger partial charge < -0.3 is 18.9 Å². The minimum absolute atomic E-state index is 0.172. The van der Waals surface area contributed by atoms with Crippen molar-refractivity contribution in [3.05, 3.63) is 23.8 Å². The topological polar surface area (TPSA) is 71.1 Å². The van der Waals surface area contributed by atoms with Crippen LogP contribution in [0.2, 0.25) is 0 Å². The van der Waals surface area contributed by atoms with Crippen molar-refractivity contribution in [2.24, 2.45) is 5.92 Å². The standard InChI is InChI=1S/C18H24O6/c1-12(2)9-17(20)24-18-15(21-4)10-14(11-16(18)22-5)7-6-8-23-13(3)19/h6-7,10-12H,8-9H2,1-5H3. The van der Waals surface area contributed by atoms with E-state index in [0.717, 1.165) is 5.56 Å². The molecule has 0 amide bonds. The molecule has 24 heavy (non-hydrogen) atoms. The highest BCUT2D eigenvalue weighted by atomic mass is 16.6. The number of hydrogen-bond acceptors (Lipinski definition) is 6. The number of carbonyl (C=O) groups is 2. The monoisotopic (exact) mass is 336 g/mol. The molecule has 1 aromatic rings. The molecule has 0 aliphatic heterocycles. The Kier molecular flexibility index (Phi) is 7.82. The first-order valence-corrected chi connectivity index (χ1v) is 7.64. The fourth-order valence-electron chi connectivity index (χ4n) is 1.94. The third-order valence-electron chi connectivity index (χ3n) is 2.97. The molecule has 1 aromatic carbocycles. The van der Waals surface area contributed by atoms with E-state index in [9.17, 15) is 9.59 Å². The van der Waals surface area contributed by atoms with Crippen LogP contribution in [-0.2, 0) is 14.3 Å². The van der Waals surface area contributed by atoms with E-state index in [1.54, 1.807) is 24.3 Å². The van der Waals surface area contributed by atoms with Crippen molar-refractivity contribution in [1.82, 2.24) is 0 Å². The van der Waals surface area contributed by atoms with Crippen LogP contribution in [0.1, 0.15) is 32.8 Å². The minimum atomic E-state index is -0.347. The molecular formula is C18H24O6. The van der Waals surface area contributed by atoms with Gasteiger partial charge in [-0.25, -0.2) is 0 Å². The molecule has 0 N–H and O–H groups in total. The van der Waals surface area contributed by atoms with Gasteiger partial charge in [0.25, 0.3) is 0 Å². The lowest BCUT2D eigenvalue weighted by Crippen LogP contribution is -2.12. The highest BCUT2D eigenvalue weighted by molar-refractivity contribution is 5.75. The van der Waals surface area contributed by atoms with Crippen molar-refractivity contribution in [3.63, 3.8) is 0 Å². The van der Waals surface area contributed by atoms with Crippen LogP contribution in [0.4, 0.5) is 0 Å². The van der Waals surface area contributed by atoms with E-state index >= 15 is 0 Å². The fourth-order valence-corrected chi connectivity index (χ4v) is 1.94. The largest absolute Gasteiger partial charge is 0.493 e. The Balaban J connectivity index is 3.00. The predicted molar refractivity (Wildman–Crippen MR) is 90.3 cm³/mol. The summed E-state index contributed by atoms with van der Waals surface area (Å²) >= 11 is 0. The summed E-state index contributed by atoms with van der Waals surface area (Å²) in [5.74, 6) is 0.528. The summed E-state index contributed by atoms with van der Waals surface area (Å²) in [4.78, 5) is 22.7. The van der Waals surface area contributed by atoms with Gasteiger partial charge in [-0.2, -0.15) is 0 Å². The lowest BCUT2D eigenvalue weighted by Gasteiger charge is -2.14. The highest BCUT2D eigenvalue weighted by Crippen LogP contribution is 2.39. The van der Waals surface area contributed by atoms with Crippen molar-refractivity contribution in [1.29, 1.82) is 0 Å². The molecule has 0 radical (unpaired) electrons. The van der Waals surface area contributed by atoms with Gasteiger partial charge in [0.2, 0.25) is 5.75 Å². The zero-order valence-electron chi connectivity index (χ0n) is 14.8. The van der Waals surface area contributed by atoms with Gasteiger partial charge >= 0.3 is 11.9 Å². The van der Waals surface area contributed by atoms with Crippen molar-refractivity contribution in [3.8, 4) is 17.2 Å². The molecule has 1 rings (SSSR count). The van der Waals surface area contributed by atoms with Crippen LogP contribution in [0.15, 0.2) is 18.2 Å². The molecule has 132 valence electrons. The number of methoxy groups -OCH3 is 2. The van der Waals surface area contributed by atoms with Gasteiger partial charge in [0.05, 0.1) is 14.2 Å². The van der Waals surface area contributed by atoms with Gasteiger partial charge in [-0.05, 0) is 29.7 Å². The molecule has 0 aromatic heterocycles. The SMILES string of the molecule is COc1cc(C=CCOC(C)=O)cc(OC)c1OC(=O)CC(C)C. The van der Waals surface area contributed by atoms with Gasteiger partial charge in [0.15, 0.2) is 11.5 Å². The Morgan fingerprint density at radius 2 is 1.71 bits per heavy atom. The second kappa shape index (κ2) is 9.60. The number of rotatable bonds is 8. The fraction of sp³-hybridized carbons (Fsp3) is 0.444. The molecule has 0 heterocycles. The van der Waals surface area contributed by atoms with Crippen molar-refractivity contribution < 1.29 is 28.5 Å². The molecule has 0 aliphatic carbocycles. The van der Waals surface area contributed by atoms with E-state index in [4.69, 9.17) is 18.9 Å². The predicted octanol–water partition coefficient (Wildman–Crippen LogP) is 3.23. The van der Waals surface area contributed by atoms with Gasteiger partial charge in [0.1, 0.15) is 6.61 Å². The van der Waals surface area contributed by atoms with Gasteiger partial charge in [-0.1, -0.05) is 19.9 Å². The summed E-state index contributed by atoms with van der Waals surface area (Å²) in [6, 6.07) is 3.43. The summed E-state index contributed by atoms with van der Waals surface area (Å²) < 4.78 is 20.8. The molecule has 6 heteroatoms. The number of benzene rings is 1. The van der Waals surface area contributed by atoms with Crippen LogP contribution in [0.25, 0.3) is 6.08 Å². The zero-order valence-corrected chi connectivity index (χ0v) is 14.8. The summed E-state index contributed by atoms with van der Waals surface area (Å²) in [7, 11) is 2.97. The van der Waals surface area contributed by atoms with Crippen LogP contribution in [-0.4, -0.2) is 32.8 Å². The summed E-state index contributed by atoms with van der Waals surface area (Å²) in [6.45, 7) is 5.39. The Morgan fingerprint density at radius 3 is 2.17 bits per heavy atom. The average molecular weight is 336 g/mol. The Morgan fingerprint density at radius 1 is 1.12 bits per heavy atom. The molecule has 0 fully saturated rings. The molecule has 0 saturated carbocycles.